The van der Waals surface area contributed by atoms with Gasteiger partial charge in [-0.1, -0.05) is 12.1 Å². The Morgan fingerprint density at radius 2 is 2.14 bits per heavy atom. The van der Waals surface area contributed by atoms with Gasteiger partial charge in [-0.3, -0.25) is 10.1 Å². The summed E-state index contributed by atoms with van der Waals surface area (Å²) in [4.78, 5) is 22.4. The molecule has 0 aliphatic carbocycles. The van der Waals surface area contributed by atoms with E-state index in [0.29, 0.717) is 5.56 Å². The third-order valence-electron chi connectivity index (χ3n) is 3.17. The Morgan fingerprint density at radius 3 is 2.67 bits per heavy atom. The number of nitrogens with one attached hydrogen (secondary N) is 1. The van der Waals surface area contributed by atoms with Crippen molar-refractivity contribution in [1.29, 1.82) is 0 Å². The van der Waals surface area contributed by atoms with Crippen molar-refractivity contribution in [2.75, 3.05) is 20.3 Å². The average Bonchev–Trinajstić information content (AvgIpc) is 2.45. The fourth-order valence-corrected chi connectivity index (χ4v) is 1.71. The third-order valence-corrected chi connectivity index (χ3v) is 3.17. The third kappa shape index (κ3) is 3.91. The number of esters is 1. The number of carbonyl (C=O) groups is 1. The van der Waals surface area contributed by atoms with Gasteiger partial charge in [0.2, 0.25) is 0 Å². The predicted octanol–water partition coefficient (Wildman–Crippen LogP) is 1.82. The van der Waals surface area contributed by atoms with E-state index in [2.05, 4.69) is 5.32 Å². The zero-order valence-electron chi connectivity index (χ0n) is 12.6. The molecule has 0 saturated heterocycles. The molecule has 1 atom stereocenters. The van der Waals surface area contributed by atoms with E-state index in [0.717, 1.165) is 0 Å². The molecule has 1 aromatic carbocycles. The molecule has 1 rings (SSSR count). The Bertz CT molecular complexity index is 532. The number of nitro groups is 1. The number of nitrogens with zero attached hydrogens (tertiary/aromatic N) is 1. The van der Waals surface area contributed by atoms with Crippen LogP contribution in [0.25, 0.3) is 0 Å². The Balaban J connectivity index is 2.96. The smallest absolute Gasteiger partial charge is 0.329 e. The molecule has 0 aliphatic rings. The zero-order valence-corrected chi connectivity index (χ0v) is 12.6. The van der Waals surface area contributed by atoms with Crippen molar-refractivity contribution in [2.24, 2.45) is 0 Å². The fourth-order valence-electron chi connectivity index (χ4n) is 1.71. The van der Waals surface area contributed by atoms with Gasteiger partial charge in [0, 0.05) is 6.07 Å². The van der Waals surface area contributed by atoms with E-state index in [9.17, 15) is 14.9 Å². The van der Waals surface area contributed by atoms with Crippen LogP contribution in [0.4, 0.5) is 5.69 Å². The van der Waals surface area contributed by atoms with Gasteiger partial charge in [-0.25, -0.2) is 4.79 Å². The highest BCUT2D eigenvalue weighted by Crippen LogP contribution is 2.30. The van der Waals surface area contributed by atoms with Gasteiger partial charge in [-0.2, -0.15) is 0 Å². The predicted molar refractivity (Wildman–Crippen MR) is 77.4 cm³/mol. The van der Waals surface area contributed by atoms with Crippen LogP contribution >= 0.6 is 0 Å². The molecular weight excluding hydrogens is 276 g/mol. The highest BCUT2D eigenvalue weighted by atomic mass is 16.6. The molecule has 0 fully saturated rings. The van der Waals surface area contributed by atoms with Gasteiger partial charge in [-0.05, 0) is 33.4 Å². The second-order valence-electron chi connectivity index (χ2n) is 4.77. The van der Waals surface area contributed by atoms with Crippen molar-refractivity contribution < 1.29 is 19.2 Å². The van der Waals surface area contributed by atoms with Crippen LogP contribution in [-0.4, -0.2) is 36.7 Å². The van der Waals surface area contributed by atoms with Crippen LogP contribution in [0.15, 0.2) is 18.2 Å². The first kappa shape index (κ1) is 16.9. The van der Waals surface area contributed by atoms with Crippen LogP contribution in [0, 0.1) is 17.0 Å². The van der Waals surface area contributed by atoms with Gasteiger partial charge < -0.3 is 14.8 Å². The molecular formula is C14H20N2O5. The Hall–Kier alpha value is -2.15. The molecule has 1 N–H and O–H groups in total. The number of likely N-dealkylation sites (N-methyl/N-ethyl adjacent to an activating group) is 1. The lowest BCUT2D eigenvalue weighted by Gasteiger charge is -2.26. The van der Waals surface area contributed by atoms with E-state index in [4.69, 9.17) is 9.47 Å². The minimum absolute atomic E-state index is 0.0754. The van der Waals surface area contributed by atoms with Gasteiger partial charge in [0.15, 0.2) is 5.75 Å². The molecule has 0 aromatic heterocycles. The summed E-state index contributed by atoms with van der Waals surface area (Å²) in [5.41, 5.74) is -0.574. The van der Waals surface area contributed by atoms with Crippen molar-refractivity contribution in [3.05, 3.63) is 33.9 Å². The van der Waals surface area contributed by atoms with Crippen molar-refractivity contribution in [3.63, 3.8) is 0 Å². The number of benzene rings is 1. The molecule has 0 saturated carbocycles. The largest absolute Gasteiger partial charge is 0.484 e. The van der Waals surface area contributed by atoms with E-state index < -0.39 is 16.4 Å². The van der Waals surface area contributed by atoms with Crippen LogP contribution in [0.5, 0.6) is 5.75 Å². The molecule has 0 heterocycles. The number of aryl methyl sites for hydroxylation is 1. The average molecular weight is 296 g/mol. The lowest BCUT2D eigenvalue weighted by molar-refractivity contribution is -0.386. The summed E-state index contributed by atoms with van der Waals surface area (Å²) in [6.45, 7) is 5.22. The summed E-state index contributed by atoms with van der Waals surface area (Å²) in [7, 11) is 1.60. The van der Waals surface area contributed by atoms with E-state index in [-0.39, 0.29) is 24.7 Å². The fraction of sp³-hybridized carbons (Fsp3) is 0.500. The zero-order chi connectivity index (χ0) is 16.0. The monoisotopic (exact) mass is 296 g/mol. The van der Waals surface area contributed by atoms with Crippen LogP contribution in [-0.2, 0) is 9.53 Å². The molecule has 0 radical (unpaired) electrons. The van der Waals surface area contributed by atoms with Crippen LogP contribution in [0.1, 0.15) is 19.4 Å². The molecule has 0 aliphatic heterocycles. The van der Waals surface area contributed by atoms with E-state index >= 15 is 0 Å². The molecule has 0 amide bonds. The topological polar surface area (TPSA) is 90.7 Å². The first-order chi connectivity index (χ1) is 9.85. The lowest BCUT2D eigenvalue weighted by atomic mass is 10.0. The molecule has 1 aromatic rings. The summed E-state index contributed by atoms with van der Waals surface area (Å²) in [5.74, 6) is -0.308. The minimum atomic E-state index is -1.08. The van der Waals surface area contributed by atoms with Crippen molar-refractivity contribution in [3.8, 4) is 5.75 Å². The van der Waals surface area contributed by atoms with Crippen LogP contribution < -0.4 is 10.1 Å². The van der Waals surface area contributed by atoms with Crippen LogP contribution in [0.3, 0.4) is 0 Å². The molecule has 7 heteroatoms. The van der Waals surface area contributed by atoms with Crippen molar-refractivity contribution in [2.45, 2.75) is 26.3 Å². The highest BCUT2D eigenvalue weighted by Gasteiger charge is 2.35. The Morgan fingerprint density at radius 1 is 1.48 bits per heavy atom. The maximum Gasteiger partial charge on any atom is 0.329 e. The van der Waals surface area contributed by atoms with E-state index in [1.165, 1.54) is 6.07 Å². The number of nitro benzene ring substituents is 1. The SMILES string of the molecule is CCOC(=O)C(C)(COc1c(C)cccc1[N+](=O)[O-])NC. The second-order valence-corrected chi connectivity index (χ2v) is 4.77. The molecule has 0 bridgehead atoms. The summed E-state index contributed by atoms with van der Waals surface area (Å²) in [6.07, 6.45) is 0. The maximum atomic E-state index is 11.9. The number of carbonyl (C=O) groups excluding carboxylic acids is 1. The van der Waals surface area contributed by atoms with Crippen molar-refractivity contribution in [1.82, 2.24) is 5.32 Å². The van der Waals surface area contributed by atoms with Gasteiger partial charge in [-0.15, -0.1) is 0 Å². The van der Waals surface area contributed by atoms with Gasteiger partial charge in [0.1, 0.15) is 12.1 Å². The van der Waals surface area contributed by atoms with E-state index in [1.54, 1.807) is 40.0 Å². The summed E-state index contributed by atoms with van der Waals surface area (Å²) in [6, 6.07) is 4.66. The quantitative estimate of drug-likeness (QED) is 0.469. The molecule has 116 valence electrons. The molecule has 0 spiro atoms. The Labute approximate surface area is 123 Å². The first-order valence-corrected chi connectivity index (χ1v) is 6.58. The van der Waals surface area contributed by atoms with Gasteiger partial charge >= 0.3 is 11.7 Å². The number of hydrogen-bond donors (Lipinski definition) is 1. The molecule has 7 nitrogen and oxygen atoms in total. The second kappa shape index (κ2) is 7.03. The summed E-state index contributed by atoms with van der Waals surface area (Å²) < 4.78 is 10.5. The summed E-state index contributed by atoms with van der Waals surface area (Å²) in [5, 5.41) is 13.9. The first-order valence-electron chi connectivity index (χ1n) is 6.58. The number of para-hydroxylation sites is 1. The number of hydrogen-bond acceptors (Lipinski definition) is 6. The number of ether oxygens (including phenoxy) is 2. The standard InChI is InChI=1S/C14H20N2O5/c1-5-20-13(17)14(3,15-4)9-21-12-10(2)7-6-8-11(12)16(18)19/h6-8,15H,5,9H2,1-4H3. The van der Waals surface area contributed by atoms with Gasteiger partial charge in [0.25, 0.3) is 0 Å². The minimum Gasteiger partial charge on any atom is -0.484 e. The Kier molecular flexibility index (Phi) is 5.66. The molecule has 21 heavy (non-hydrogen) atoms. The van der Waals surface area contributed by atoms with Crippen LogP contribution in [0.2, 0.25) is 0 Å². The van der Waals surface area contributed by atoms with Gasteiger partial charge in [0.05, 0.1) is 11.5 Å². The van der Waals surface area contributed by atoms with E-state index in [1.807, 2.05) is 0 Å². The van der Waals surface area contributed by atoms with Crippen molar-refractivity contribution >= 4 is 11.7 Å². The molecule has 1 unspecified atom stereocenters. The number of rotatable bonds is 7. The normalized spacial score (nSPS) is 13.3. The lowest BCUT2D eigenvalue weighted by Crippen LogP contribution is -2.53. The maximum absolute atomic E-state index is 11.9. The summed E-state index contributed by atoms with van der Waals surface area (Å²) >= 11 is 0. The highest BCUT2D eigenvalue weighted by molar-refractivity contribution is 5.80.